The SMILES string of the molecule is C=C1C=Cc2cc3c(cc2O1)OC(C)(C)[C@@H](NC/C=C/C1=CCCC=C1)C3. The molecule has 3 aliphatic rings. The van der Waals surface area contributed by atoms with Gasteiger partial charge in [-0.05, 0) is 62.5 Å². The molecule has 1 N–H and O–H groups in total. The van der Waals surface area contributed by atoms with Crippen molar-refractivity contribution in [2.24, 2.45) is 0 Å². The first-order valence-electron chi connectivity index (χ1n) is 9.69. The number of rotatable bonds is 4. The fourth-order valence-corrected chi connectivity index (χ4v) is 3.76. The maximum atomic E-state index is 6.34. The minimum absolute atomic E-state index is 0.243. The van der Waals surface area contributed by atoms with E-state index in [-0.39, 0.29) is 11.6 Å². The lowest BCUT2D eigenvalue weighted by Gasteiger charge is -2.40. The first-order chi connectivity index (χ1) is 13.0. The van der Waals surface area contributed by atoms with E-state index < -0.39 is 0 Å². The summed E-state index contributed by atoms with van der Waals surface area (Å²) in [5.74, 6) is 2.39. The molecule has 2 aliphatic heterocycles. The van der Waals surface area contributed by atoms with E-state index in [4.69, 9.17) is 9.47 Å². The van der Waals surface area contributed by atoms with Crippen molar-refractivity contribution in [2.75, 3.05) is 6.54 Å². The first kappa shape index (κ1) is 17.9. The summed E-state index contributed by atoms with van der Waals surface area (Å²) in [5, 5.41) is 3.65. The highest BCUT2D eigenvalue weighted by atomic mass is 16.5. The van der Waals surface area contributed by atoms with Crippen molar-refractivity contribution >= 4 is 6.08 Å². The van der Waals surface area contributed by atoms with Crippen molar-refractivity contribution in [1.29, 1.82) is 0 Å². The van der Waals surface area contributed by atoms with Crippen LogP contribution in [0.3, 0.4) is 0 Å². The maximum absolute atomic E-state index is 6.34. The lowest BCUT2D eigenvalue weighted by Crippen LogP contribution is -2.54. The van der Waals surface area contributed by atoms with E-state index in [1.807, 2.05) is 12.1 Å². The van der Waals surface area contributed by atoms with Crippen LogP contribution in [0.5, 0.6) is 11.5 Å². The van der Waals surface area contributed by atoms with Crippen LogP contribution in [0.4, 0.5) is 0 Å². The molecule has 1 aromatic carbocycles. The predicted molar refractivity (Wildman–Crippen MR) is 111 cm³/mol. The second kappa shape index (κ2) is 7.24. The van der Waals surface area contributed by atoms with Gasteiger partial charge in [-0.1, -0.05) is 37.0 Å². The Labute approximate surface area is 161 Å². The second-order valence-corrected chi connectivity index (χ2v) is 7.86. The van der Waals surface area contributed by atoms with Crippen LogP contribution in [-0.2, 0) is 6.42 Å². The molecule has 1 aromatic rings. The third-order valence-electron chi connectivity index (χ3n) is 5.34. The van der Waals surface area contributed by atoms with E-state index in [9.17, 15) is 0 Å². The van der Waals surface area contributed by atoms with Gasteiger partial charge in [0.15, 0.2) is 0 Å². The van der Waals surface area contributed by atoms with Gasteiger partial charge in [0.25, 0.3) is 0 Å². The molecule has 27 heavy (non-hydrogen) atoms. The number of benzene rings is 1. The van der Waals surface area contributed by atoms with Gasteiger partial charge in [0.05, 0.1) is 6.04 Å². The average molecular weight is 361 g/mol. The van der Waals surface area contributed by atoms with Crippen LogP contribution in [-0.4, -0.2) is 18.2 Å². The monoisotopic (exact) mass is 361 g/mol. The molecule has 0 bridgehead atoms. The van der Waals surface area contributed by atoms with Crippen molar-refractivity contribution in [2.45, 2.75) is 44.8 Å². The molecule has 0 aromatic heterocycles. The normalized spacial score (nSPS) is 22.7. The Morgan fingerprint density at radius 3 is 2.89 bits per heavy atom. The molecule has 2 heterocycles. The van der Waals surface area contributed by atoms with E-state index >= 15 is 0 Å². The van der Waals surface area contributed by atoms with Crippen molar-refractivity contribution in [3.63, 3.8) is 0 Å². The smallest absolute Gasteiger partial charge is 0.138 e. The summed E-state index contributed by atoms with van der Waals surface area (Å²) in [5.41, 5.74) is 3.31. The minimum Gasteiger partial charge on any atom is -0.486 e. The van der Waals surface area contributed by atoms with E-state index in [1.165, 1.54) is 11.1 Å². The predicted octanol–water partition coefficient (Wildman–Crippen LogP) is 5.11. The summed E-state index contributed by atoms with van der Waals surface area (Å²) >= 11 is 0. The highest BCUT2D eigenvalue weighted by Crippen LogP contribution is 2.40. The van der Waals surface area contributed by atoms with Crippen LogP contribution in [0.2, 0.25) is 0 Å². The van der Waals surface area contributed by atoms with Crippen LogP contribution in [0, 0.1) is 0 Å². The zero-order chi connectivity index (χ0) is 18.9. The molecule has 0 unspecified atom stereocenters. The maximum Gasteiger partial charge on any atom is 0.138 e. The van der Waals surface area contributed by atoms with Gasteiger partial charge in [-0.25, -0.2) is 0 Å². The van der Waals surface area contributed by atoms with Crippen LogP contribution in [0.15, 0.2) is 66.5 Å². The number of nitrogens with one attached hydrogen (secondary N) is 1. The van der Waals surface area contributed by atoms with Gasteiger partial charge >= 0.3 is 0 Å². The van der Waals surface area contributed by atoms with Gasteiger partial charge in [-0.15, -0.1) is 0 Å². The molecule has 0 spiro atoms. The summed E-state index contributed by atoms with van der Waals surface area (Å²) in [4.78, 5) is 0. The molecular weight excluding hydrogens is 334 g/mol. The lowest BCUT2D eigenvalue weighted by atomic mass is 9.87. The fraction of sp³-hybridized carbons (Fsp3) is 0.333. The molecule has 0 saturated carbocycles. The van der Waals surface area contributed by atoms with Crippen molar-refractivity contribution in [1.82, 2.24) is 5.32 Å². The Kier molecular flexibility index (Phi) is 4.79. The van der Waals surface area contributed by atoms with Crippen molar-refractivity contribution in [3.8, 4) is 11.5 Å². The Morgan fingerprint density at radius 1 is 1.19 bits per heavy atom. The summed E-state index contributed by atoms with van der Waals surface area (Å²) in [7, 11) is 0. The Bertz CT molecular complexity index is 871. The van der Waals surface area contributed by atoms with Gasteiger partial charge in [0, 0.05) is 18.2 Å². The van der Waals surface area contributed by atoms with E-state index in [0.29, 0.717) is 5.76 Å². The highest BCUT2D eigenvalue weighted by molar-refractivity contribution is 5.66. The molecule has 0 fully saturated rings. The van der Waals surface area contributed by atoms with Crippen LogP contribution >= 0.6 is 0 Å². The number of fused-ring (bicyclic) bond motifs is 2. The van der Waals surface area contributed by atoms with Gasteiger partial charge in [-0.2, -0.15) is 0 Å². The van der Waals surface area contributed by atoms with Crippen molar-refractivity contribution in [3.05, 3.63) is 77.6 Å². The highest BCUT2D eigenvalue weighted by Gasteiger charge is 2.37. The molecule has 3 nitrogen and oxygen atoms in total. The zero-order valence-electron chi connectivity index (χ0n) is 16.1. The van der Waals surface area contributed by atoms with Gasteiger partial charge in [0.2, 0.25) is 0 Å². The molecule has 0 saturated heterocycles. The third-order valence-corrected chi connectivity index (χ3v) is 5.34. The van der Waals surface area contributed by atoms with Crippen molar-refractivity contribution < 1.29 is 9.47 Å². The molecule has 1 aliphatic carbocycles. The van der Waals surface area contributed by atoms with Gasteiger partial charge in [0.1, 0.15) is 22.9 Å². The topological polar surface area (TPSA) is 30.5 Å². The van der Waals surface area contributed by atoms with E-state index in [1.54, 1.807) is 0 Å². The largest absolute Gasteiger partial charge is 0.486 e. The van der Waals surface area contributed by atoms with Crippen LogP contribution < -0.4 is 14.8 Å². The van der Waals surface area contributed by atoms with Crippen LogP contribution in [0.1, 0.15) is 37.8 Å². The number of ether oxygens (including phenoxy) is 2. The third kappa shape index (κ3) is 3.93. The minimum atomic E-state index is -0.291. The molecule has 1 atom stereocenters. The van der Waals surface area contributed by atoms with E-state index in [0.717, 1.165) is 42.9 Å². The molecular formula is C24H27NO2. The zero-order valence-corrected chi connectivity index (χ0v) is 16.1. The van der Waals surface area contributed by atoms with E-state index in [2.05, 4.69) is 68.3 Å². The Hall–Kier alpha value is -2.52. The molecule has 140 valence electrons. The van der Waals surface area contributed by atoms with Gasteiger partial charge < -0.3 is 14.8 Å². The fourth-order valence-electron chi connectivity index (χ4n) is 3.76. The quantitative estimate of drug-likeness (QED) is 0.808. The molecule has 3 heteroatoms. The average Bonchev–Trinajstić information content (AvgIpc) is 2.64. The van der Waals surface area contributed by atoms with Crippen LogP contribution in [0.25, 0.3) is 6.08 Å². The molecule has 0 radical (unpaired) electrons. The number of hydrogen-bond donors (Lipinski definition) is 1. The lowest BCUT2D eigenvalue weighted by molar-refractivity contribution is 0.0496. The molecule has 0 amide bonds. The second-order valence-electron chi connectivity index (χ2n) is 7.86. The standard InChI is InChI=1S/C24H27NO2/c1-17-11-12-19-14-20-15-23(24(2,3)27-22(20)16-21(19)26-17)25-13-7-10-18-8-5-4-6-9-18/h5,7-12,14,16,23,25H,1,4,6,13,15H2,2-3H3/b10-7+/t23-/m0/s1. The molecule has 4 rings (SSSR count). The van der Waals surface area contributed by atoms with Gasteiger partial charge in [-0.3, -0.25) is 0 Å². The summed E-state index contributed by atoms with van der Waals surface area (Å²) in [6.07, 6.45) is 18.3. The number of hydrogen-bond acceptors (Lipinski definition) is 3. The number of allylic oxidation sites excluding steroid dienone is 6. The summed E-state index contributed by atoms with van der Waals surface area (Å²) < 4.78 is 12.1. The summed E-state index contributed by atoms with van der Waals surface area (Å²) in [6.45, 7) is 8.98. The first-order valence-corrected chi connectivity index (χ1v) is 9.69. The summed E-state index contributed by atoms with van der Waals surface area (Å²) in [6, 6.07) is 4.41. The Balaban J connectivity index is 1.46. The Morgan fingerprint density at radius 2 is 2.07 bits per heavy atom.